The molecule has 0 spiro atoms. The zero-order chi connectivity index (χ0) is 23.4. The second-order valence-electron chi connectivity index (χ2n) is 7.77. The van der Waals surface area contributed by atoms with Crippen molar-refractivity contribution in [3.63, 3.8) is 0 Å². The summed E-state index contributed by atoms with van der Waals surface area (Å²) in [5, 5.41) is 11.7. The molecule has 4 rings (SSSR count). The molecule has 0 radical (unpaired) electrons. The van der Waals surface area contributed by atoms with Crippen LogP contribution in [0.3, 0.4) is 0 Å². The van der Waals surface area contributed by atoms with Crippen LogP contribution in [0.5, 0.6) is 0 Å². The summed E-state index contributed by atoms with van der Waals surface area (Å²) < 4.78 is 21.6. The van der Waals surface area contributed by atoms with Crippen LogP contribution in [0.4, 0.5) is 15.8 Å². The standard InChI is InChI=1S/C23H25FN4O4S/c1-2-32-13-12-27-19-9-7-17(24)15-21(19)33-23(27)25-22(29)16-6-8-18(20(14-16)28(30)31)26-10-4-3-5-11-26/h6-9,14-15H,2-5,10-13H2,1H3. The molecule has 1 aliphatic heterocycles. The lowest BCUT2D eigenvalue weighted by Gasteiger charge is -2.28. The van der Waals surface area contributed by atoms with Crippen LogP contribution in [0, 0.1) is 15.9 Å². The highest BCUT2D eigenvalue weighted by Gasteiger charge is 2.23. The molecule has 0 aliphatic carbocycles. The van der Waals surface area contributed by atoms with E-state index in [1.54, 1.807) is 18.2 Å². The zero-order valence-corrected chi connectivity index (χ0v) is 19.1. The molecule has 0 bridgehead atoms. The predicted molar refractivity (Wildman–Crippen MR) is 125 cm³/mol. The van der Waals surface area contributed by atoms with Gasteiger partial charge in [-0.1, -0.05) is 11.3 Å². The second kappa shape index (κ2) is 10.2. The lowest BCUT2D eigenvalue weighted by Crippen LogP contribution is -2.30. The first-order valence-electron chi connectivity index (χ1n) is 11.0. The number of carbonyl (C=O) groups excluding carboxylic acids is 1. The van der Waals surface area contributed by atoms with Crippen LogP contribution in [0.1, 0.15) is 36.5 Å². The van der Waals surface area contributed by atoms with E-state index in [1.807, 2.05) is 16.4 Å². The van der Waals surface area contributed by atoms with Gasteiger partial charge in [0.1, 0.15) is 11.5 Å². The first kappa shape index (κ1) is 23.1. The van der Waals surface area contributed by atoms with Gasteiger partial charge in [-0.05, 0) is 56.5 Å². The van der Waals surface area contributed by atoms with Crippen molar-refractivity contribution in [2.24, 2.45) is 4.99 Å². The average Bonchev–Trinajstić information content (AvgIpc) is 3.15. The summed E-state index contributed by atoms with van der Waals surface area (Å²) in [6.07, 6.45) is 3.09. The normalized spacial score (nSPS) is 14.7. The highest BCUT2D eigenvalue weighted by Crippen LogP contribution is 2.31. The summed E-state index contributed by atoms with van der Waals surface area (Å²) in [6, 6.07) is 8.93. The topological polar surface area (TPSA) is 90.0 Å². The van der Waals surface area contributed by atoms with Crippen molar-refractivity contribution < 1.29 is 18.8 Å². The number of hydrogen-bond acceptors (Lipinski definition) is 6. The van der Waals surface area contributed by atoms with Crippen LogP contribution in [0.15, 0.2) is 41.4 Å². The maximum absolute atomic E-state index is 13.7. The first-order valence-corrected chi connectivity index (χ1v) is 11.8. The summed E-state index contributed by atoms with van der Waals surface area (Å²) in [5.74, 6) is -0.956. The summed E-state index contributed by atoms with van der Waals surface area (Å²) in [7, 11) is 0. The van der Waals surface area contributed by atoms with E-state index >= 15 is 0 Å². The highest BCUT2D eigenvalue weighted by atomic mass is 32.1. The number of thiazole rings is 1. The molecular weight excluding hydrogens is 447 g/mol. The van der Waals surface area contributed by atoms with Crippen molar-refractivity contribution in [2.45, 2.75) is 32.7 Å². The number of benzene rings is 2. The fourth-order valence-corrected chi connectivity index (χ4v) is 5.08. The van der Waals surface area contributed by atoms with E-state index in [0.29, 0.717) is 34.9 Å². The van der Waals surface area contributed by atoms with Gasteiger partial charge >= 0.3 is 0 Å². The van der Waals surface area contributed by atoms with Gasteiger partial charge in [-0.15, -0.1) is 0 Å². The number of fused-ring (bicyclic) bond motifs is 1. The van der Waals surface area contributed by atoms with Gasteiger partial charge < -0.3 is 14.2 Å². The van der Waals surface area contributed by atoms with Crippen LogP contribution in [-0.2, 0) is 11.3 Å². The number of aromatic nitrogens is 1. The van der Waals surface area contributed by atoms with Gasteiger partial charge in [-0.2, -0.15) is 4.99 Å². The molecular formula is C23H25FN4O4S. The van der Waals surface area contributed by atoms with Gasteiger partial charge in [-0.25, -0.2) is 4.39 Å². The number of nitro groups is 1. The summed E-state index contributed by atoms with van der Waals surface area (Å²) in [4.78, 5) is 30.9. The minimum Gasteiger partial charge on any atom is -0.380 e. The summed E-state index contributed by atoms with van der Waals surface area (Å²) in [6.45, 7) is 4.82. The van der Waals surface area contributed by atoms with Crippen molar-refractivity contribution >= 4 is 38.8 Å². The van der Waals surface area contributed by atoms with Gasteiger partial charge in [0, 0.05) is 37.9 Å². The molecule has 1 aromatic heterocycles. The van der Waals surface area contributed by atoms with Crippen LogP contribution in [0.2, 0.25) is 0 Å². The Bertz CT molecular complexity index is 1250. The van der Waals surface area contributed by atoms with Gasteiger partial charge in [0.25, 0.3) is 11.6 Å². The quantitative estimate of drug-likeness (QED) is 0.287. The molecule has 10 heteroatoms. The van der Waals surface area contributed by atoms with E-state index < -0.39 is 10.8 Å². The fourth-order valence-electron chi connectivity index (χ4n) is 4.00. The van der Waals surface area contributed by atoms with Crippen molar-refractivity contribution in [2.75, 3.05) is 31.2 Å². The van der Waals surface area contributed by atoms with E-state index in [2.05, 4.69) is 4.99 Å². The summed E-state index contributed by atoms with van der Waals surface area (Å²) >= 11 is 1.19. The third-order valence-electron chi connectivity index (χ3n) is 5.62. The third kappa shape index (κ3) is 5.12. The van der Waals surface area contributed by atoms with Crippen molar-refractivity contribution in [3.05, 3.63) is 62.7 Å². The van der Waals surface area contributed by atoms with E-state index in [4.69, 9.17) is 4.74 Å². The third-order valence-corrected chi connectivity index (χ3v) is 6.66. The smallest absolute Gasteiger partial charge is 0.293 e. The Morgan fingerprint density at radius 2 is 2.00 bits per heavy atom. The van der Waals surface area contributed by atoms with Crippen LogP contribution in [-0.4, -0.2) is 41.7 Å². The Kier molecular flexibility index (Phi) is 7.14. The van der Waals surface area contributed by atoms with Crippen LogP contribution < -0.4 is 9.70 Å². The Hall–Kier alpha value is -3.11. The van der Waals surface area contributed by atoms with Crippen LogP contribution in [0.25, 0.3) is 10.2 Å². The monoisotopic (exact) mass is 472 g/mol. The largest absolute Gasteiger partial charge is 0.380 e. The zero-order valence-electron chi connectivity index (χ0n) is 18.3. The molecule has 0 saturated carbocycles. The molecule has 1 saturated heterocycles. The van der Waals surface area contributed by atoms with E-state index in [-0.39, 0.29) is 17.1 Å². The SMILES string of the molecule is CCOCCn1c(=NC(=O)c2ccc(N3CCCCC3)c([N+](=O)[O-])c2)sc2cc(F)ccc21. The molecule has 0 unspecified atom stereocenters. The van der Waals surface area contributed by atoms with Gasteiger partial charge in [-0.3, -0.25) is 14.9 Å². The number of nitrogens with zero attached hydrogens (tertiary/aromatic N) is 4. The van der Waals surface area contributed by atoms with Crippen LogP contribution >= 0.6 is 11.3 Å². The van der Waals surface area contributed by atoms with Crippen molar-refractivity contribution in [1.29, 1.82) is 0 Å². The number of rotatable bonds is 7. The molecule has 3 aromatic rings. The molecule has 33 heavy (non-hydrogen) atoms. The molecule has 2 heterocycles. The van der Waals surface area contributed by atoms with Gasteiger partial charge in [0.15, 0.2) is 4.80 Å². The van der Waals surface area contributed by atoms with Gasteiger partial charge in [0.05, 0.1) is 21.7 Å². The van der Waals surface area contributed by atoms with Crippen molar-refractivity contribution in [3.8, 4) is 0 Å². The number of anilines is 1. The molecule has 1 fully saturated rings. The molecule has 8 nitrogen and oxygen atoms in total. The molecule has 1 aliphatic rings. The second-order valence-corrected chi connectivity index (χ2v) is 8.78. The number of ether oxygens (including phenoxy) is 1. The maximum Gasteiger partial charge on any atom is 0.293 e. The predicted octanol–water partition coefficient (Wildman–Crippen LogP) is 4.52. The number of hydrogen-bond donors (Lipinski definition) is 0. The Morgan fingerprint density at radius 3 is 2.73 bits per heavy atom. The fraction of sp³-hybridized carbons (Fsp3) is 0.391. The summed E-state index contributed by atoms with van der Waals surface area (Å²) in [5.41, 5.74) is 1.32. The van der Waals surface area contributed by atoms with E-state index in [0.717, 1.165) is 37.9 Å². The lowest BCUT2D eigenvalue weighted by atomic mass is 10.1. The Morgan fingerprint density at radius 1 is 1.21 bits per heavy atom. The first-order chi connectivity index (χ1) is 16.0. The molecule has 0 N–H and O–H groups in total. The number of halogens is 1. The number of carbonyl (C=O) groups is 1. The van der Waals surface area contributed by atoms with E-state index in [9.17, 15) is 19.3 Å². The Balaban J connectivity index is 1.72. The number of amides is 1. The lowest BCUT2D eigenvalue weighted by molar-refractivity contribution is -0.384. The van der Waals surface area contributed by atoms with E-state index in [1.165, 1.54) is 29.5 Å². The number of nitro benzene ring substituents is 1. The van der Waals surface area contributed by atoms with Crippen molar-refractivity contribution in [1.82, 2.24) is 4.57 Å². The van der Waals surface area contributed by atoms with Gasteiger partial charge in [0.2, 0.25) is 0 Å². The maximum atomic E-state index is 13.7. The molecule has 1 amide bonds. The molecule has 174 valence electrons. The number of piperidine rings is 1. The minimum atomic E-state index is -0.583. The minimum absolute atomic E-state index is 0.0967. The Labute approximate surface area is 194 Å². The molecule has 2 aromatic carbocycles. The average molecular weight is 473 g/mol. The highest BCUT2D eigenvalue weighted by molar-refractivity contribution is 7.16. The molecule has 0 atom stereocenters.